The van der Waals surface area contributed by atoms with Crippen LogP contribution in [0.15, 0.2) is 16.9 Å². The molecule has 1 aromatic heterocycles. The summed E-state index contributed by atoms with van der Waals surface area (Å²) < 4.78 is 0. The van der Waals surface area contributed by atoms with E-state index in [1.54, 1.807) is 13.0 Å². The molecule has 1 fully saturated rings. The second-order valence-electron chi connectivity index (χ2n) is 4.43. The van der Waals surface area contributed by atoms with Crippen LogP contribution in [-0.2, 0) is 0 Å². The Labute approximate surface area is 99.1 Å². The molecule has 2 heterocycles. The van der Waals surface area contributed by atoms with Crippen molar-refractivity contribution in [3.05, 3.63) is 33.7 Å². The Balaban J connectivity index is 2.22. The van der Waals surface area contributed by atoms with E-state index in [4.69, 9.17) is 0 Å². The summed E-state index contributed by atoms with van der Waals surface area (Å²) in [5.41, 5.74) is 0.505. The van der Waals surface area contributed by atoms with Gasteiger partial charge in [0.1, 0.15) is 5.56 Å². The number of carbonyl (C=O) groups excluding carboxylic acids is 1. The van der Waals surface area contributed by atoms with Crippen LogP contribution in [0.25, 0.3) is 0 Å². The number of hydrogen-bond donors (Lipinski definition) is 2. The number of aliphatic hydroxyl groups excluding tert-OH is 1. The third-order valence-electron chi connectivity index (χ3n) is 2.97. The van der Waals surface area contributed by atoms with Crippen molar-refractivity contribution in [3.63, 3.8) is 0 Å². The Kier molecular flexibility index (Phi) is 3.28. The van der Waals surface area contributed by atoms with Crippen molar-refractivity contribution in [2.75, 3.05) is 13.1 Å². The van der Waals surface area contributed by atoms with E-state index in [0.717, 1.165) is 12.1 Å². The molecule has 1 aliphatic heterocycles. The van der Waals surface area contributed by atoms with E-state index in [-0.39, 0.29) is 17.0 Å². The Hall–Kier alpha value is -1.62. The molecule has 0 aliphatic carbocycles. The van der Waals surface area contributed by atoms with Crippen LogP contribution in [0.4, 0.5) is 0 Å². The number of rotatable bonds is 1. The van der Waals surface area contributed by atoms with E-state index >= 15 is 0 Å². The van der Waals surface area contributed by atoms with E-state index in [1.165, 1.54) is 11.0 Å². The minimum absolute atomic E-state index is 0.143. The third kappa shape index (κ3) is 2.55. The Morgan fingerprint density at radius 3 is 2.94 bits per heavy atom. The van der Waals surface area contributed by atoms with Crippen molar-refractivity contribution in [3.8, 4) is 0 Å². The zero-order valence-corrected chi connectivity index (χ0v) is 9.77. The van der Waals surface area contributed by atoms with Gasteiger partial charge in [-0.3, -0.25) is 9.59 Å². The zero-order valence-electron chi connectivity index (χ0n) is 9.77. The number of β-amino-alcohol motifs (C(OH)–C–C–N with tert-alkyl or cyclic N) is 1. The highest BCUT2D eigenvalue weighted by atomic mass is 16.3. The van der Waals surface area contributed by atoms with Gasteiger partial charge in [0, 0.05) is 18.8 Å². The number of carbonyl (C=O) groups is 1. The molecule has 0 radical (unpaired) electrons. The SMILES string of the molecule is Cc1ccc(C(=O)N2CCCC(O)C2)c(=O)[nH]1. The van der Waals surface area contributed by atoms with Crippen LogP contribution < -0.4 is 5.56 Å². The minimum atomic E-state index is -0.475. The van der Waals surface area contributed by atoms with Gasteiger partial charge in [-0.1, -0.05) is 0 Å². The van der Waals surface area contributed by atoms with Crippen molar-refractivity contribution in [2.24, 2.45) is 0 Å². The second kappa shape index (κ2) is 4.71. The fraction of sp³-hybridized carbons (Fsp3) is 0.500. The van der Waals surface area contributed by atoms with Crippen molar-refractivity contribution in [2.45, 2.75) is 25.9 Å². The quantitative estimate of drug-likeness (QED) is 0.735. The molecule has 1 aliphatic rings. The van der Waals surface area contributed by atoms with E-state index in [2.05, 4.69) is 4.98 Å². The van der Waals surface area contributed by atoms with E-state index in [9.17, 15) is 14.7 Å². The summed E-state index contributed by atoms with van der Waals surface area (Å²) in [5.74, 6) is -0.301. The number of amides is 1. The molecule has 2 rings (SSSR count). The van der Waals surface area contributed by atoms with Gasteiger partial charge in [-0.2, -0.15) is 0 Å². The number of aromatic nitrogens is 1. The van der Waals surface area contributed by atoms with Crippen LogP contribution in [0, 0.1) is 6.92 Å². The average molecular weight is 236 g/mol. The zero-order chi connectivity index (χ0) is 12.4. The topological polar surface area (TPSA) is 73.4 Å². The smallest absolute Gasteiger partial charge is 0.260 e. The largest absolute Gasteiger partial charge is 0.391 e. The molecule has 1 amide bonds. The Morgan fingerprint density at radius 2 is 2.29 bits per heavy atom. The summed E-state index contributed by atoms with van der Waals surface area (Å²) in [6.45, 7) is 2.68. The van der Waals surface area contributed by atoms with E-state index < -0.39 is 6.10 Å². The van der Waals surface area contributed by atoms with Gasteiger partial charge in [0.15, 0.2) is 0 Å². The summed E-state index contributed by atoms with van der Waals surface area (Å²) in [5, 5.41) is 9.51. The van der Waals surface area contributed by atoms with Crippen molar-refractivity contribution in [1.29, 1.82) is 0 Å². The number of aromatic amines is 1. The number of nitrogens with zero attached hydrogens (tertiary/aromatic N) is 1. The first kappa shape index (κ1) is 11.9. The molecular formula is C12H16N2O3. The molecule has 1 saturated heterocycles. The molecule has 2 N–H and O–H groups in total. The fourth-order valence-corrected chi connectivity index (χ4v) is 2.05. The number of H-pyrrole nitrogens is 1. The maximum absolute atomic E-state index is 12.1. The lowest BCUT2D eigenvalue weighted by atomic mass is 10.1. The summed E-state index contributed by atoms with van der Waals surface area (Å²) in [6.07, 6.45) is 1.02. The monoisotopic (exact) mass is 236 g/mol. The number of likely N-dealkylation sites (tertiary alicyclic amines) is 1. The number of aliphatic hydroxyl groups is 1. The summed E-state index contributed by atoms with van der Waals surface area (Å²) in [6, 6.07) is 3.24. The number of hydrogen-bond acceptors (Lipinski definition) is 3. The molecule has 92 valence electrons. The van der Waals surface area contributed by atoms with Gasteiger partial charge < -0.3 is 15.0 Å². The van der Waals surface area contributed by atoms with Crippen molar-refractivity contribution >= 4 is 5.91 Å². The Morgan fingerprint density at radius 1 is 1.53 bits per heavy atom. The van der Waals surface area contributed by atoms with Crippen LogP contribution in [-0.4, -0.2) is 40.1 Å². The average Bonchev–Trinajstić information content (AvgIpc) is 2.28. The Bertz CT molecular complexity index is 481. The molecule has 5 nitrogen and oxygen atoms in total. The van der Waals surface area contributed by atoms with Crippen molar-refractivity contribution < 1.29 is 9.90 Å². The standard InChI is InChI=1S/C12H16N2O3/c1-8-4-5-10(11(16)13-8)12(17)14-6-2-3-9(15)7-14/h4-5,9,15H,2-3,6-7H2,1H3,(H,13,16). The van der Waals surface area contributed by atoms with Gasteiger partial charge in [-0.05, 0) is 31.9 Å². The first-order valence-corrected chi connectivity index (χ1v) is 5.75. The molecule has 1 aromatic rings. The fourth-order valence-electron chi connectivity index (χ4n) is 2.05. The first-order chi connectivity index (χ1) is 8.08. The number of nitrogens with one attached hydrogen (secondary N) is 1. The lowest BCUT2D eigenvalue weighted by molar-refractivity contribution is 0.0472. The van der Waals surface area contributed by atoms with Crippen LogP contribution in [0.3, 0.4) is 0 Å². The summed E-state index contributed by atoms with van der Waals surface area (Å²) >= 11 is 0. The predicted molar refractivity (Wildman–Crippen MR) is 62.9 cm³/mol. The molecule has 5 heteroatoms. The molecule has 17 heavy (non-hydrogen) atoms. The molecule has 1 unspecified atom stereocenters. The third-order valence-corrected chi connectivity index (χ3v) is 2.97. The maximum atomic E-state index is 12.1. The highest BCUT2D eigenvalue weighted by Gasteiger charge is 2.24. The van der Waals surface area contributed by atoms with Crippen LogP contribution in [0.2, 0.25) is 0 Å². The van der Waals surface area contributed by atoms with Gasteiger partial charge >= 0.3 is 0 Å². The van der Waals surface area contributed by atoms with Crippen LogP contribution >= 0.6 is 0 Å². The van der Waals surface area contributed by atoms with Gasteiger partial charge in [-0.15, -0.1) is 0 Å². The molecule has 0 saturated carbocycles. The molecule has 0 aromatic carbocycles. The second-order valence-corrected chi connectivity index (χ2v) is 4.43. The van der Waals surface area contributed by atoms with Crippen LogP contribution in [0.5, 0.6) is 0 Å². The molecule has 0 spiro atoms. The van der Waals surface area contributed by atoms with Crippen LogP contribution in [0.1, 0.15) is 28.9 Å². The minimum Gasteiger partial charge on any atom is -0.391 e. The number of piperidine rings is 1. The van der Waals surface area contributed by atoms with Gasteiger partial charge in [0.2, 0.25) is 0 Å². The van der Waals surface area contributed by atoms with Crippen molar-refractivity contribution in [1.82, 2.24) is 9.88 Å². The normalized spacial score (nSPS) is 20.4. The van der Waals surface area contributed by atoms with E-state index in [0.29, 0.717) is 19.5 Å². The van der Waals surface area contributed by atoms with Gasteiger partial charge in [0.05, 0.1) is 6.10 Å². The predicted octanol–water partition coefficient (Wildman–Crippen LogP) is 0.280. The molecular weight excluding hydrogens is 220 g/mol. The maximum Gasteiger partial charge on any atom is 0.260 e. The summed E-state index contributed by atoms with van der Waals surface area (Å²) in [4.78, 5) is 27.9. The summed E-state index contributed by atoms with van der Waals surface area (Å²) in [7, 11) is 0. The van der Waals surface area contributed by atoms with Gasteiger partial charge in [-0.25, -0.2) is 0 Å². The number of aryl methyl sites for hydroxylation is 1. The molecule has 1 atom stereocenters. The van der Waals surface area contributed by atoms with Gasteiger partial charge in [0.25, 0.3) is 11.5 Å². The van der Waals surface area contributed by atoms with E-state index in [1.807, 2.05) is 0 Å². The number of pyridine rings is 1. The highest BCUT2D eigenvalue weighted by Crippen LogP contribution is 2.12. The lowest BCUT2D eigenvalue weighted by Crippen LogP contribution is -2.43. The molecule has 0 bridgehead atoms. The first-order valence-electron chi connectivity index (χ1n) is 5.75. The highest BCUT2D eigenvalue weighted by molar-refractivity contribution is 5.93. The lowest BCUT2D eigenvalue weighted by Gasteiger charge is -2.29.